The van der Waals surface area contributed by atoms with Crippen LogP contribution < -0.4 is 10.6 Å². The second kappa shape index (κ2) is 6.76. The van der Waals surface area contributed by atoms with Crippen LogP contribution in [0.4, 0.5) is 5.82 Å². The fourth-order valence-electron chi connectivity index (χ4n) is 2.58. The predicted molar refractivity (Wildman–Crippen MR) is 80.5 cm³/mol. The van der Waals surface area contributed by atoms with Gasteiger partial charge in [0, 0.05) is 32.4 Å². The summed E-state index contributed by atoms with van der Waals surface area (Å²) in [7, 11) is 0. The van der Waals surface area contributed by atoms with Gasteiger partial charge in [-0.1, -0.05) is 23.7 Å². The van der Waals surface area contributed by atoms with Crippen molar-refractivity contribution in [3.05, 3.63) is 23.4 Å². The lowest BCUT2D eigenvalue weighted by Crippen LogP contribution is -2.54. The van der Waals surface area contributed by atoms with E-state index in [9.17, 15) is 0 Å². The summed E-state index contributed by atoms with van der Waals surface area (Å²) in [6.07, 6.45) is 2.57. The smallest absolute Gasteiger partial charge is 0.156 e. The normalized spacial score (nSPS) is 19.1. The first kappa shape index (κ1) is 14.9. The predicted octanol–water partition coefficient (Wildman–Crippen LogP) is 1.38. The highest BCUT2D eigenvalue weighted by molar-refractivity contribution is 6.32. The third-order valence-electron chi connectivity index (χ3n) is 3.64. The molecule has 1 aliphatic rings. The minimum absolute atomic E-state index is 0.0126. The molecule has 1 fully saturated rings. The fraction of sp³-hybridized carbons (Fsp3) is 0.538. The SMILES string of the molecule is CCC(C(N)=NO)N1CCN(c2ncccc2Cl)CC1. The van der Waals surface area contributed by atoms with Gasteiger partial charge in [0.15, 0.2) is 5.84 Å². The first-order chi connectivity index (χ1) is 9.67. The highest BCUT2D eigenvalue weighted by Gasteiger charge is 2.26. The highest BCUT2D eigenvalue weighted by atomic mass is 35.5. The average molecular weight is 298 g/mol. The van der Waals surface area contributed by atoms with Gasteiger partial charge in [0.1, 0.15) is 5.82 Å². The minimum atomic E-state index is -0.0126. The maximum Gasteiger partial charge on any atom is 0.156 e. The van der Waals surface area contributed by atoms with E-state index >= 15 is 0 Å². The maximum atomic E-state index is 8.83. The molecule has 110 valence electrons. The van der Waals surface area contributed by atoms with Crippen molar-refractivity contribution >= 4 is 23.3 Å². The average Bonchev–Trinajstić information content (AvgIpc) is 2.49. The molecule has 2 heterocycles. The van der Waals surface area contributed by atoms with E-state index in [1.54, 1.807) is 6.20 Å². The van der Waals surface area contributed by atoms with E-state index in [-0.39, 0.29) is 11.9 Å². The Morgan fingerprint density at radius 2 is 2.20 bits per heavy atom. The van der Waals surface area contributed by atoms with Gasteiger partial charge in [-0.15, -0.1) is 0 Å². The van der Waals surface area contributed by atoms with Crippen LogP contribution in [-0.4, -0.2) is 53.1 Å². The molecule has 1 aromatic rings. The monoisotopic (exact) mass is 297 g/mol. The van der Waals surface area contributed by atoms with Crippen molar-refractivity contribution in [1.29, 1.82) is 0 Å². The molecule has 1 aromatic heterocycles. The summed E-state index contributed by atoms with van der Waals surface area (Å²) in [5, 5.41) is 12.6. The summed E-state index contributed by atoms with van der Waals surface area (Å²) in [4.78, 5) is 8.72. The summed E-state index contributed by atoms with van der Waals surface area (Å²) >= 11 is 6.17. The lowest BCUT2D eigenvalue weighted by Gasteiger charge is -2.39. The second-order valence-electron chi connectivity index (χ2n) is 4.78. The summed E-state index contributed by atoms with van der Waals surface area (Å²) in [5.41, 5.74) is 5.74. The van der Waals surface area contributed by atoms with Crippen molar-refractivity contribution < 1.29 is 5.21 Å². The van der Waals surface area contributed by atoms with E-state index in [2.05, 4.69) is 19.9 Å². The Balaban J connectivity index is 2.00. The first-order valence-electron chi connectivity index (χ1n) is 6.74. The highest BCUT2D eigenvalue weighted by Crippen LogP contribution is 2.23. The molecule has 1 saturated heterocycles. The number of piperazine rings is 1. The molecule has 1 atom stereocenters. The van der Waals surface area contributed by atoms with E-state index in [1.807, 2.05) is 19.1 Å². The van der Waals surface area contributed by atoms with Crippen molar-refractivity contribution in [2.75, 3.05) is 31.1 Å². The quantitative estimate of drug-likeness (QED) is 0.380. The van der Waals surface area contributed by atoms with Crippen LogP contribution in [0.1, 0.15) is 13.3 Å². The number of hydrogen-bond donors (Lipinski definition) is 2. The van der Waals surface area contributed by atoms with Crippen LogP contribution in [0, 0.1) is 0 Å². The number of aromatic nitrogens is 1. The third-order valence-corrected chi connectivity index (χ3v) is 3.93. The number of pyridine rings is 1. The zero-order valence-electron chi connectivity index (χ0n) is 11.5. The van der Waals surface area contributed by atoms with Gasteiger partial charge in [0.05, 0.1) is 11.1 Å². The zero-order valence-corrected chi connectivity index (χ0v) is 12.3. The van der Waals surface area contributed by atoms with Crippen molar-refractivity contribution in [3.63, 3.8) is 0 Å². The summed E-state index contributed by atoms with van der Waals surface area (Å²) in [6.45, 7) is 5.35. The van der Waals surface area contributed by atoms with E-state index < -0.39 is 0 Å². The molecule has 0 spiro atoms. The van der Waals surface area contributed by atoms with Crippen LogP contribution in [0.3, 0.4) is 0 Å². The van der Waals surface area contributed by atoms with Gasteiger partial charge in [0.2, 0.25) is 0 Å². The molecule has 0 radical (unpaired) electrons. The molecular formula is C13H20ClN5O. The molecule has 1 aliphatic heterocycles. The first-order valence-corrected chi connectivity index (χ1v) is 7.12. The number of anilines is 1. The molecule has 1 unspecified atom stereocenters. The van der Waals surface area contributed by atoms with Crippen LogP contribution in [-0.2, 0) is 0 Å². The number of hydrogen-bond acceptors (Lipinski definition) is 5. The van der Waals surface area contributed by atoms with Crippen LogP contribution in [0.15, 0.2) is 23.5 Å². The molecule has 0 amide bonds. The van der Waals surface area contributed by atoms with Gasteiger partial charge in [-0.25, -0.2) is 4.98 Å². The van der Waals surface area contributed by atoms with Gasteiger partial charge in [0.25, 0.3) is 0 Å². The van der Waals surface area contributed by atoms with Crippen molar-refractivity contribution in [3.8, 4) is 0 Å². The Bertz CT molecular complexity index is 474. The summed E-state index contributed by atoms with van der Waals surface area (Å²) < 4.78 is 0. The number of nitrogens with two attached hydrogens (primary N) is 1. The molecular weight excluding hydrogens is 278 g/mol. The van der Waals surface area contributed by atoms with Gasteiger partial charge in [-0.05, 0) is 18.6 Å². The van der Waals surface area contributed by atoms with Gasteiger partial charge < -0.3 is 15.8 Å². The standard InChI is InChI=1S/C13H20ClN5O/c1-2-11(12(15)17-20)18-6-8-19(9-7-18)13-10(14)4-3-5-16-13/h3-5,11,20H,2,6-9H2,1H3,(H2,15,17). The minimum Gasteiger partial charge on any atom is -0.409 e. The maximum absolute atomic E-state index is 8.83. The van der Waals surface area contributed by atoms with Crippen molar-refractivity contribution in [2.45, 2.75) is 19.4 Å². The molecule has 0 saturated carbocycles. The topological polar surface area (TPSA) is 78.0 Å². The zero-order chi connectivity index (χ0) is 14.5. The molecule has 6 nitrogen and oxygen atoms in total. The molecule has 7 heteroatoms. The molecule has 2 rings (SSSR count). The lowest BCUT2D eigenvalue weighted by atomic mass is 10.1. The largest absolute Gasteiger partial charge is 0.409 e. The fourth-order valence-corrected chi connectivity index (χ4v) is 2.82. The third kappa shape index (κ3) is 3.13. The van der Waals surface area contributed by atoms with Gasteiger partial charge in [-0.3, -0.25) is 4.90 Å². The van der Waals surface area contributed by atoms with Crippen LogP contribution in [0.2, 0.25) is 5.02 Å². The molecule has 0 bridgehead atoms. The van der Waals surface area contributed by atoms with Gasteiger partial charge in [-0.2, -0.15) is 0 Å². The Morgan fingerprint density at radius 3 is 2.75 bits per heavy atom. The number of nitrogens with zero attached hydrogens (tertiary/aromatic N) is 4. The molecule has 3 N–H and O–H groups in total. The van der Waals surface area contributed by atoms with Crippen molar-refractivity contribution in [1.82, 2.24) is 9.88 Å². The van der Waals surface area contributed by atoms with E-state index in [0.717, 1.165) is 38.4 Å². The van der Waals surface area contributed by atoms with E-state index in [4.69, 9.17) is 22.5 Å². The summed E-state index contributed by atoms with van der Waals surface area (Å²) in [6, 6.07) is 3.66. The van der Waals surface area contributed by atoms with Crippen LogP contribution >= 0.6 is 11.6 Å². The Labute approximate surface area is 123 Å². The van der Waals surface area contributed by atoms with Crippen LogP contribution in [0.5, 0.6) is 0 Å². The Hall–Kier alpha value is -1.53. The van der Waals surface area contributed by atoms with E-state index in [1.165, 1.54) is 0 Å². The molecule has 0 aliphatic carbocycles. The van der Waals surface area contributed by atoms with Gasteiger partial charge >= 0.3 is 0 Å². The summed E-state index contributed by atoms with van der Waals surface area (Å²) in [5.74, 6) is 1.10. The van der Waals surface area contributed by atoms with Crippen molar-refractivity contribution in [2.24, 2.45) is 10.9 Å². The van der Waals surface area contributed by atoms with E-state index in [0.29, 0.717) is 5.02 Å². The number of rotatable bonds is 4. The number of oxime groups is 1. The lowest BCUT2D eigenvalue weighted by molar-refractivity contribution is 0.215. The Morgan fingerprint density at radius 1 is 1.50 bits per heavy atom. The Kier molecular flexibility index (Phi) is 5.03. The van der Waals surface area contributed by atoms with Crippen LogP contribution in [0.25, 0.3) is 0 Å². The number of amidine groups is 1. The molecule has 0 aromatic carbocycles. The number of halogens is 1. The molecule has 20 heavy (non-hydrogen) atoms. The second-order valence-corrected chi connectivity index (χ2v) is 5.19.